The van der Waals surface area contributed by atoms with E-state index in [9.17, 15) is 51.3 Å². The number of carbonyl (C=O) groups is 2. The van der Waals surface area contributed by atoms with Crippen molar-refractivity contribution in [1.29, 1.82) is 0 Å². The van der Waals surface area contributed by atoms with Crippen LogP contribution in [-0.2, 0) is 41.6 Å². The Balaban J connectivity index is 1.40. The Hall–Kier alpha value is -5.24. The predicted octanol–water partition coefficient (Wildman–Crippen LogP) is 7.61. The molecule has 0 spiro atoms. The number of aliphatic hydroxyl groups is 1. The van der Waals surface area contributed by atoms with Crippen molar-refractivity contribution in [3.63, 3.8) is 0 Å². The summed E-state index contributed by atoms with van der Waals surface area (Å²) in [5.41, 5.74) is -6.13. The van der Waals surface area contributed by atoms with Crippen LogP contribution in [0.5, 0.6) is 17.2 Å². The number of nitrogens with one attached hydrogen (secondary N) is 1. The van der Waals surface area contributed by atoms with Crippen molar-refractivity contribution in [3.8, 4) is 17.2 Å². The van der Waals surface area contributed by atoms with Gasteiger partial charge < -0.3 is 25.4 Å². The quantitative estimate of drug-likeness (QED) is 0.0457. The van der Waals surface area contributed by atoms with Crippen molar-refractivity contribution < 1.29 is 56.0 Å². The minimum Gasteiger partial charge on any atom is -0.504 e. The lowest BCUT2D eigenvalue weighted by atomic mass is 9.86. The zero-order valence-corrected chi connectivity index (χ0v) is 28.6. The van der Waals surface area contributed by atoms with Gasteiger partial charge in [-0.25, -0.2) is 4.79 Å². The number of urea groups is 1. The van der Waals surface area contributed by atoms with Crippen molar-refractivity contribution in [3.05, 3.63) is 124 Å². The number of rotatable bonds is 14. The molecule has 282 valence electrons. The third-order valence-electron chi connectivity index (χ3n) is 9.38. The van der Waals surface area contributed by atoms with Gasteiger partial charge in [-0.3, -0.25) is 9.69 Å². The summed E-state index contributed by atoms with van der Waals surface area (Å²) in [5.74, 6) is -1.37. The summed E-state index contributed by atoms with van der Waals surface area (Å²) in [6.45, 7) is 1.35. The summed E-state index contributed by atoms with van der Waals surface area (Å²) in [4.78, 5) is 27.1. The number of imide groups is 1. The summed E-state index contributed by atoms with van der Waals surface area (Å²) in [5, 5.41) is 32.6. The summed E-state index contributed by atoms with van der Waals surface area (Å²) in [6.07, 6.45) is -11.2. The standard InChI is InChI=1S/C39H38F6N2O6/c1-36(29-18-19-31(48)32(49)24-29)34(50)47(35(51)46-36)20-8-9-21-53-33-27(16-14-25-10-4-2-5-11-25)22-30(37(52,38(40,41)42)39(43,44)45)23-28(33)17-15-26-12-6-3-7-13-26/h2-7,10-13,18-19,22-24,48-49,52H,8-9,14-17,20-21H2,1H3,(H,46,51). The van der Waals surface area contributed by atoms with Crippen LogP contribution in [0.4, 0.5) is 31.1 Å². The maximum absolute atomic E-state index is 14.1. The molecular formula is C39H38F6N2O6. The minimum atomic E-state index is -6.08. The largest absolute Gasteiger partial charge is 0.504 e. The number of halogens is 6. The van der Waals surface area contributed by atoms with Crippen LogP contribution >= 0.6 is 0 Å². The Morgan fingerprint density at radius 1 is 0.717 bits per heavy atom. The van der Waals surface area contributed by atoms with E-state index >= 15 is 0 Å². The van der Waals surface area contributed by atoms with Crippen LogP contribution < -0.4 is 10.1 Å². The molecule has 0 bridgehead atoms. The molecule has 1 saturated heterocycles. The first-order valence-corrected chi connectivity index (χ1v) is 16.8. The fraction of sp³-hybridized carbons (Fsp3) is 0.333. The minimum absolute atomic E-state index is 0.00876. The van der Waals surface area contributed by atoms with Crippen LogP contribution in [0.15, 0.2) is 91.0 Å². The van der Waals surface area contributed by atoms with Gasteiger partial charge in [0.2, 0.25) is 0 Å². The second kappa shape index (κ2) is 15.4. The number of aryl methyl sites for hydroxylation is 4. The summed E-state index contributed by atoms with van der Waals surface area (Å²) >= 11 is 0. The molecule has 4 aromatic rings. The highest BCUT2D eigenvalue weighted by molar-refractivity contribution is 6.07. The molecule has 0 aromatic heterocycles. The first-order valence-electron chi connectivity index (χ1n) is 16.8. The zero-order valence-electron chi connectivity index (χ0n) is 28.6. The number of carbonyl (C=O) groups excluding carboxylic acids is 2. The van der Waals surface area contributed by atoms with Gasteiger partial charge in [0.05, 0.1) is 6.61 Å². The molecule has 1 unspecified atom stereocenters. The summed E-state index contributed by atoms with van der Waals surface area (Å²) in [7, 11) is 0. The molecule has 0 saturated carbocycles. The van der Waals surface area contributed by atoms with E-state index in [-0.39, 0.29) is 74.1 Å². The topological polar surface area (TPSA) is 119 Å². The Morgan fingerprint density at radius 3 is 1.74 bits per heavy atom. The fourth-order valence-electron chi connectivity index (χ4n) is 6.33. The SMILES string of the molecule is CC1(c2ccc(O)c(O)c2)NC(=O)N(CCCCOc2c(CCc3ccccc3)cc(C(O)(C(F)(F)F)C(F)(F)F)cc2CCc2ccccc2)C1=O. The molecule has 1 atom stereocenters. The maximum Gasteiger partial charge on any atom is 0.430 e. The van der Waals surface area contributed by atoms with Crippen molar-refractivity contribution in [1.82, 2.24) is 10.2 Å². The number of nitrogens with zero attached hydrogens (tertiary/aromatic N) is 1. The molecule has 1 aliphatic heterocycles. The lowest BCUT2D eigenvalue weighted by Gasteiger charge is -2.33. The highest BCUT2D eigenvalue weighted by Gasteiger charge is 2.71. The van der Waals surface area contributed by atoms with Gasteiger partial charge in [-0.15, -0.1) is 0 Å². The predicted molar refractivity (Wildman–Crippen MR) is 182 cm³/mol. The van der Waals surface area contributed by atoms with Gasteiger partial charge in [-0.05, 0) is 97.5 Å². The number of unbranched alkanes of at least 4 members (excludes halogenated alkanes) is 1. The second-order valence-corrected chi connectivity index (χ2v) is 13.1. The number of amides is 3. The first-order chi connectivity index (χ1) is 25.0. The number of alkyl halides is 6. The van der Waals surface area contributed by atoms with Gasteiger partial charge in [0, 0.05) is 12.1 Å². The first kappa shape index (κ1) is 39.0. The lowest BCUT2D eigenvalue weighted by molar-refractivity contribution is -0.376. The van der Waals surface area contributed by atoms with Crippen LogP contribution in [-0.4, -0.2) is 57.7 Å². The van der Waals surface area contributed by atoms with E-state index < -0.39 is 52.5 Å². The number of hydrogen-bond donors (Lipinski definition) is 4. The van der Waals surface area contributed by atoms with E-state index in [1.54, 1.807) is 60.7 Å². The Bertz CT molecular complexity index is 1840. The molecule has 0 radical (unpaired) electrons. The van der Waals surface area contributed by atoms with E-state index in [4.69, 9.17) is 4.74 Å². The third-order valence-corrected chi connectivity index (χ3v) is 9.38. The Labute approximate surface area is 301 Å². The van der Waals surface area contributed by atoms with Crippen LogP contribution in [0, 0.1) is 0 Å². The Kier molecular flexibility index (Phi) is 11.3. The van der Waals surface area contributed by atoms with E-state index in [2.05, 4.69) is 5.32 Å². The third kappa shape index (κ3) is 8.22. The van der Waals surface area contributed by atoms with Gasteiger partial charge in [-0.1, -0.05) is 66.7 Å². The van der Waals surface area contributed by atoms with Crippen molar-refractivity contribution >= 4 is 11.9 Å². The van der Waals surface area contributed by atoms with Crippen molar-refractivity contribution in [2.45, 2.75) is 68.9 Å². The second-order valence-electron chi connectivity index (χ2n) is 13.1. The van der Waals surface area contributed by atoms with Crippen molar-refractivity contribution in [2.24, 2.45) is 0 Å². The number of benzene rings is 4. The molecule has 1 aliphatic rings. The van der Waals surface area contributed by atoms with Crippen LogP contribution in [0.25, 0.3) is 0 Å². The summed E-state index contributed by atoms with van der Waals surface area (Å²) < 4.78 is 90.9. The fourth-order valence-corrected chi connectivity index (χ4v) is 6.33. The molecule has 53 heavy (non-hydrogen) atoms. The molecule has 4 aromatic carbocycles. The van der Waals surface area contributed by atoms with Gasteiger partial charge in [0.15, 0.2) is 11.5 Å². The smallest absolute Gasteiger partial charge is 0.430 e. The van der Waals surface area contributed by atoms with Gasteiger partial charge in [0.25, 0.3) is 11.5 Å². The maximum atomic E-state index is 14.1. The Morgan fingerprint density at radius 2 is 1.25 bits per heavy atom. The molecule has 14 heteroatoms. The molecular weight excluding hydrogens is 706 g/mol. The van der Waals surface area contributed by atoms with Gasteiger partial charge in [0.1, 0.15) is 11.3 Å². The molecule has 4 N–H and O–H groups in total. The molecule has 1 fully saturated rings. The van der Waals surface area contributed by atoms with E-state index in [0.717, 1.165) is 16.0 Å². The van der Waals surface area contributed by atoms with Gasteiger partial charge in [-0.2, -0.15) is 26.3 Å². The van der Waals surface area contributed by atoms with Crippen LogP contribution in [0.2, 0.25) is 0 Å². The molecule has 5 rings (SSSR count). The van der Waals surface area contributed by atoms with Crippen LogP contribution in [0.3, 0.4) is 0 Å². The van der Waals surface area contributed by atoms with E-state index in [0.29, 0.717) is 12.1 Å². The molecule has 0 aliphatic carbocycles. The van der Waals surface area contributed by atoms with Crippen molar-refractivity contribution in [2.75, 3.05) is 13.2 Å². The molecule has 1 heterocycles. The zero-order chi connectivity index (χ0) is 38.6. The number of ether oxygens (including phenoxy) is 1. The monoisotopic (exact) mass is 744 g/mol. The summed E-state index contributed by atoms with van der Waals surface area (Å²) in [6, 6.07) is 22.1. The normalized spacial score (nSPS) is 16.6. The number of phenolic OH excluding ortho intramolecular Hbond substituents is 2. The van der Waals surface area contributed by atoms with E-state index in [1.807, 2.05) is 0 Å². The highest BCUT2D eigenvalue weighted by Crippen LogP contribution is 2.51. The molecule has 3 amide bonds. The highest BCUT2D eigenvalue weighted by atomic mass is 19.4. The number of aromatic hydroxyl groups is 2. The average Bonchev–Trinajstić information content (AvgIpc) is 3.34. The van der Waals surface area contributed by atoms with Crippen LogP contribution in [0.1, 0.15) is 53.1 Å². The average molecular weight is 745 g/mol. The molecule has 8 nitrogen and oxygen atoms in total. The van der Waals surface area contributed by atoms with E-state index in [1.165, 1.54) is 25.1 Å². The number of phenols is 2. The number of hydrogen-bond acceptors (Lipinski definition) is 6. The lowest BCUT2D eigenvalue weighted by Crippen LogP contribution is -2.54. The van der Waals surface area contributed by atoms with Gasteiger partial charge >= 0.3 is 18.4 Å².